The molecule has 16 heavy (non-hydrogen) atoms. The van der Waals surface area contributed by atoms with Gasteiger partial charge in [-0.1, -0.05) is 36.3 Å². The van der Waals surface area contributed by atoms with E-state index < -0.39 is 5.91 Å². The topological polar surface area (TPSA) is 46.2 Å². The molecule has 1 radical (unpaired) electrons. The standard InChI is InChI=1S/C13H10NO2/c1-2-8-14-13(16)12(10-15)9-11-6-4-3-5-7-11/h3-7,9H,1H3,(H,14,16). The Hall–Kier alpha value is -2.34. The summed E-state index contributed by atoms with van der Waals surface area (Å²) in [5.74, 6) is 1.95. The molecule has 0 saturated heterocycles. The van der Waals surface area contributed by atoms with Crippen molar-refractivity contribution in [3.63, 3.8) is 0 Å². The molecule has 1 aromatic rings. The van der Waals surface area contributed by atoms with Gasteiger partial charge >= 0.3 is 0 Å². The fourth-order valence-corrected chi connectivity index (χ4v) is 1.04. The summed E-state index contributed by atoms with van der Waals surface area (Å²) >= 11 is 0. The molecule has 0 aliphatic rings. The Morgan fingerprint density at radius 1 is 1.31 bits per heavy atom. The van der Waals surface area contributed by atoms with Crippen molar-refractivity contribution in [2.45, 2.75) is 6.92 Å². The van der Waals surface area contributed by atoms with E-state index in [1.807, 2.05) is 18.2 Å². The monoisotopic (exact) mass is 212 g/mol. The lowest BCUT2D eigenvalue weighted by Gasteiger charge is -1.96. The van der Waals surface area contributed by atoms with Crippen LogP contribution in [0.3, 0.4) is 0 Å². The van der Waals surface area contributed by atoms with Crippen molar-refractivity contribution in [1.82, 2.24) is 5.32 Å². The predicted molar refractivity (Wildman–Crippen MR) is 61.7 cm³/mol. The third kappa shape index (κ3) is 3.43. The minimum Gasteiger partial charge on any atom is -0.285 e. The maximum atomic E-state index is 11.4. The molecule has 0 aromatic heterocycles. The number of amides is 1. The van der Waals surface area contributed by atoms with Gasteiger partial charge in [-0.25, -0.2) is 0 Å². The molecule has 1 N–H and O–H groups in total. The smallest absolute Gasteiger partial charge is 0.266 e. The first-order chi connectivity index (χ1) is 7.77. The van der Waals surface area contributed by atoms with Crippen LogP contribution in [0.1, 0.15) is 12.5 Å². The number of rotatable bonds is 3. The number of benzene rings is 1. The Bertz CT molecular complexity index is 464. The SMILES string of the molecule is CC#CNC(=O)C([C]=O)=Cc1ccccc1. The van der Waals surface area contributed by atoms with Gasteiger partial charge in [0, 0.05) is 6.04 Å². The van der Waals surface area contributed by atoms with Crippen LogP contribution in [0.4, 0.5) is 0 Å². The highest BCUT2D eigenvalue weighted by Crippen LogP contribution is 2.04. The molecular weight excluding hydrogens is 202 g/mol. The second kappa shape index (κ2) is 6.20. The van der Waals surface area contributed by atoms with Gasteiger partial charge in [0.2, 0.25) is 6.29 Å². The van der Waals surface area contributed by atoms with E-state index >= 15 is 0 Å². The fraction of sp³-hybridized carbons (Fsp3) is 0.0769. The van der Waals surface area contributed by atoms with Crippen LogP contribution in [0.25, 0.3) is 6.08 Å². The number of carbonyl (C=O) groups excluding carboxylic acids is 2. The average molecular weight is 212 g/mol. The molecule has 0 unspecified atom stereocenters. The third-order valence-corrected chi connectivity index (χ3v) is 1.77. The van der Waals surface area contributed by atoms with E-state index in [0.29, 0.717) is 0 Å². The van der Waals surface area contributed by atoms with Crippen LogP contribution in [-0.2, 0) is 9.59 Å². The van der Waals surface area contributed by atoms with E-state index in [1.165, 1.54) is 6.08 Å². The van der Waals surface area contributed by atoms with Crippen LogP contribution in [-0.4, -0.2) is 12.2 Å². The van der Waals surface area contributed by atoms with Crippen molar-refractivity contribution in [3.05, 3.63) is 41.5 Å². The van der Waals surface area contributed by atoms with Crippen molar-refractivity contribution < 1.29 is 9.59 Å². The van der Waals surface area contributed by atoms with Crippen molar-refractivity contribution in [3.8, 4) is 12.0 Å². The second-order valence-electron chi connectivity index (χ2n) is 2.90. The summed E-state index contributed by atoms with van der Waals surface area (Å²) in [6.45, 7) is 1.59. The summed E-state index contributed by atoms with van der Waals surface area (Å²) in [5, 5.41) is 2.27. The quantitative estimate of drug-likeness (QED) is 0.270. The molecule has 0 aliphatic carbocycles. The van der Waals surface area contributed by atoms with Crippen LogP contribution >= 0.6 is 0 Å². The van der Waals surface area contributed by atoms with Gasteiger partial charge in [-0.3, -0.25) is 14.9 Å². The van der Waals surface area contributed by atoms with E-state index in [-0.39, 0.29) is 5.57 Å². The van der Waals surface area contributed by atoms with Gasteiger partial charge in [-0.2, -0.15) is 0 Å². The van der Waals surface area contributed by atoms with Crippen molar-refractivity contribution >= 4 is 18.3 Å². The maximum Gasteiger partial charge on any atom is 0.266 e. The molecule has 0 spiro atoms. The van der Waals surface area contributed by atoms with E-state index in [4.69, 9.17) is 0 Å². The first-order valence-corrected chi connectivity index (χ1v) is 4.65. The van der Waals surface area contributed by atoms with E-state index in [9.17, 15) is 9.59 Å². The van der Waals surface area contributed by atoms with Crippen LogP contribution in [0, 0.1) is 12.0 Å². The van der Waals surface area contributed by atoms with Crippen LogP contribution in [0.2, 0.25) is 0 Å². The first kappa shape index (κ1) is 11.7. The van der Waals surface area contributed by atoms with Crippen LogP contribution in [0.15, 0.2) is 35.9 Å². The molecule has 0 atom stereocenters. The minimum absolute atomic E-state index is 0.0750. The van der Waals surface area contributed by atoms with E-state index in [1.54, 1.807) is 25.3 Å². The van der Waals surface area contributed by atoms with Crippen LogP contribution < -0.4 is 5.32 Å². The summed E-state index contributed by atoms with van der Waals surface area (Å²) in [5.41, 5.74) is 0.689. The lowest BCUT2D eigenvalue weighted by Crippen LogP contribution is -2.20. The summed E-state index contributed by atoms with van der Waals surface area (Å²) in [6.07, 6.45) is 3.05. The van der Waals surface area contributed by atoms with Gasteiger partial charge < -0.3 is 0 Å². The molecule has 0 aliphatic heterocycles. The highest BCUT2D eigenvalue weighted by atomic mass is 16.2. The molecule has 0 saturated carbocycles. The third-order valence-electron chi connectivity index (χ3n) is 1.77. The zero-order valence-corrected chi connectivity index (χ0v) is 8.78. The lowest BCUT2D eigenvalue weighted by molar-refractivity contribution is -0.115. The number of hydrogen-bond acceptors (Lipinski definition) is 2. The highest BCUT2D eigenvalue weighted by molar-refractivity contribution is 6.15. The van der Waals surface area contributed by atoms with E-state index in [0.717, 1.165) is 5.56 Å². The van der Waals surface area contributed by atoms with E-state index in [2.05, 4.69) is 17.3 Å². The van der Waals surface area contributed by atoms with Crippen molar-refractivity contribution in [2.24, 2.45) is 0 Å². The number of hydrogen-bond donors (Lipinski definition) is 1. The Morgan fingerprint density at radius 3 is 2.56 bits per heavy atom. The number of carbonyl (C=O) groups is 1. The Balaban J connectivity index is 2.89. The molecule has 1 amide bonds. The summed E-state index contributed by atoms with van der Waals surface area (Å²) in [7, 11) is 0. The molecule has 0 heterocycles. The van der Waals surface area contributed by atoms with Gasteiger partial charge in [-0.15, -0.1) is 0 Å². The molecule has 1 rings (SSSR count). The molecule has 1 aromatic carbocycles. The van der Waals surface area contributed by atoms with Gasteiger partial charge in [0.15, 0.2) is 0 Å². The highest BCUT2D eigenvalue weighted by Gasteiger charge is 2.07. The molecule has 0 bridgehead atoms. The zero-order valence-electron chi connectivity index (χ0n) is 8.78. The Labute approximate surface area is 94.2 Å². The van der Waals surface area contributed by atoms with Crippen molar-refractivity contribution in [2.75, 3.05) is 0 Å². The van der Waals surface area contributed by atoms with Gasteiger partial charge in [0.25, 0.3) is 5.91 Å². The normalized spacial score (nSPS) is 9.94. The fourth-order valence-electron chi connectivity index (χ4n) is 1.04. The molecule has 0 fully saturated rings. The first-order valence-electron chi connectivity index (χ1n) is 4.65. The zero-order chi connectivity index (χ0) is 11.8. The second-order valence-corrected chi connectivity index (χ2v) is 2.90. The lowest BCUT2D eigenvalue weighted by atomic mass is 10.1. The summed E-state index contributed by atoms with van der Waals surface area (Å²) in [4.78, 5) is 22.0. The molecule has 79 valence electrons. The largest absolute Gasteiger partial charge is 0.285 e. The Morgan fingerprint density at radius 2 is 2.00 bits per heavy atom. The molecule has 3 nitrogen and oxygen atoms in total. The maximum absolute atomic E-state index is 11.4. The molecular formula is C13H10NO2. The van der Waals surface area contributed by atoms with Gasteiger partial charge in [-0.05, 0) is 18.6 Å². The van der Waals surface area contributed by atoms with Crippen molar-refractivity contribution in [1.29, 1.82) is 0 Å². The van der Waals surface area contributed by atoms with Gasteiger partial charge in [0.05, 0.1) is 5.57 Å². The summed E-state index contributed by atoms with van der Waals surface area (Å²) in [6, 6.07) is 11.4. The summed E-state index contributed by atoms with van der Waals surface area (Å²) < 4.78 is 0. The van der Waals surface area contributed by atoms with Crippen LogP contribution in [0.5, 0.6) is 0 Å². The average Bonchev–Trinajstić information content (AvgIpc) is 2.34. The minimum atomic E-state index is -0.548. The van der Waals surface area contributed by atoms with Gasteiger partial charge in [0.1, 0.15) is 0 Å². The predicted octanol–water partition coefficient (Wildman–Crippen LogP) is 1.28. The molecule has 3 heteroatoms. The Kier molecular flexibility index (Phi) is 4.55. The number of nitrogens with one attached hydrogen (secondary N) is 1.